The number of rotatable bonds is 3. The number of nitrogens with zero attached hydrogens (tertiary/aromatic N) is 4. The normalized spacial score (nSPS) is 15.0. The molecule has 3 heterocycles. The summed E-state index contributed by atoms with van der Waals surface area (Å²) in [6, 6.07) is 7.29. The monoisotopic (exact) mass is 369 g/mol. The Morgan fingerprint density at radius 3 is 2.77 bits per heavy atom. The predicted molar refractivity (Wildman–Crippen MR) is 99.8 cm³/mol. The second-order valence-corrected chi connectivity index (χ2v) is 7.16. The van der Waals surface area contributed by atoms with Gasteiger partial charge in [-0.05, 0) is 31.5 Å². The molecule has 1 aliphatic rings. The van der Waals surface area contributed by atoms with E-state index in [0.717, 1.165) is 34.5 Å². The van der Waals surface area contributed by atoms with E-state index in [1.54, 1.807) is 10.9 Å². The van der Waals surface area contributed by atoms with Gasteiger partial charge in [-0.25, -0.2) is 0 Å². The van der Waals surface area contributed by atoms with E-state index in [-0.39, 0.29) is 11.9 Å². The summed E-state index contributed by atoms with van der Waals surface area (Å²) in [6.07, 6.45) is 4.44. The van der Waals surface area contributed by atoms with Crippen LogP contribution in [0.1, 0.15) is 29.8 Å². The smallest absolute Gasteiger partial charge is 0.247 e. The Balaban J connectivity index is 1.58. The van der Waals surface area contributed by atoms with Crippen LogP contribution in [-0.4, -0.2) is 37.3 Å². The fraction of sp³-hybridized carbons (Fsp3) is 0.316. The zero-order valence-electron chi connectivity index (χ0n) is 14.7. The summed E-state index contributed by atoms with van der Waals surface area (Å²) < 4.78 is 1.72. The van der Waals surface area contributed by atoms with E-state index in [0.29, 0.717) is 18.1 Å². The number of fused-ring (bicyclic) bond motifs is 1. The molecule has 1 atom stereocenters. The molecule has 1 aromatic carbocycles. The summed E-state index contributed by atoms with van der Waals surface area (Å²) in [7, 11) is 0. The Labute approximate surface area is 156 Å². The second-order valence-electron chi connectivity index (χ2n) is 6.72. The number of aryl methyl sites for hydroxylation is 1. The first-order chi connectivity index (χ1) is 12.5. The van der Waals surface area contributed by atoms with Gasteiger partial charge in [-0.15, -0.1) is 0 Å². The number of halogens is 1. The molecule has 4 rings (SSSR count). The molecule has 0 unspecified atom stereocenters. The van der Waals surface area contributed by atoms with Gasteiger partial charge in [0.05, 0.1) is 11.9 Å². The van der Waals surface area contributed by atoms with Gasteiger partial charge in [-0.2, -0.15) is 10.2 Å². The van der Waals surface area contributed by atoms with Crippen molar-refractivity contribution >= 4 is 17.5 Å². The van der Waals surface area contributed by atoms with Crippen LogP contribution in [0.4, 0.5) is 0 Å². The van der Waals surface area contributed by atoms with Crippen molar-refractivity contribution in [1.29, 1.82) is 0 Å². The largest absolute Gasteiger partial charge is 0.336 e. The molecular formula is C19H20ClN5O. The predicted octanol–water partition coefficient (Wildman–Crippen LogP) is 3.38. The van der Waals surface area contributed by atoms with Crippen LogP contribution in [-0.2, 0) is 17.8 Å². The van der Waals surface area contributed by atoms with Crippen molar-refractivity contribution < 1.29 is 4.79 Å². The maximum atomic E-state index is 12.9. The third kappa shape index (κ3) is 3.01. The number of nitrogens with one attached hydrogen (secondary N) is 1. The minimum Gasteiger partial charge on any atom is -0.336 e. The number of aromatic nitrogens is 4. The molecule has 1 N–H and O–H groups in total. The van der Waals surface area contributed by atoms with Crippen molar-refractivity contribution in [2.75, 3.05) is 6.54 Å². The molecule has 0 bridgehead atoms. The van der Waals surface area contributed by atoms with E-state index in [4.69, 9.17) is 11.6 Å². The van der Waals surface area contributed by atoms with Gasteiger partial charge in [-0.3, -0.25) is 14.6 Å². The number of carbonyl (C=O) groups is 1. The van der Waals surface area contributed by atoms with E-state index in [2.05, 4.69) is 15.3 Å². The van der Waals surface area contributed by atoms with Crippen LogP contribution in [0.5, 0.6) is 0 Å². The number of benzene rings is 1. The standard InChI is InChI=1S/C19H20ClN5O/c1-12-9-21-25(10-12)13(2)19(26)24-8-7-17-16(11-24)18(23-22-17)14-3-5-15(20)6-4-14/h3-6,9-10,13H,7-8,11H2,1-2H3,(H,22,23)/t13-/m0/s1. The van der Waals surface area contributed by atoms with Gasteiger partial charge in [-0.1, -0.05) is 23.7 Å². The van der Waals surface area contributed by atoms with Crippen molar-refractivity contribution in [3.63, 3.8) is 0 Å². The van der Waals surface area contributed by atoms with E-state index in [1.807, 2.05) is 49.2 Å². The Bertz CT molecular complexity index is 943. The number of carbonyl (C=O) groups excluding carboxylic acids is 1. The molecule has 26 heavy (non-hydrogen) atoms. The van der Waals surface area contributed by atoms with Crippen LogP contribution in [0.2, 0.25) is 5.02 Å². The van der Waals surface area contributed by atoms with E-state index < -0.39 is 0 Å². The quantitative estimate of drug-likeness (QED) is 0.769. The zero-order valence-corrected chi connectivity index (χ0v) is 15.5. The Kier molecular flexibility index (Phi) is 4.28. The van der Waals surface area contributed by atoms with E-state index >= 15 is 0 Å². The lowest BCUT2D eigenvalue weighted by atomic mass is 10.0. The first-order valence-electron chi connectivity index (χ1n) is 8.64. The number of hydrogen-bond donors (Lipinski definition) is 1. The molecule has 2 aromatic heterocycles. The molecule has 0 aliphatic carbocycles. The molecule has 1 aliphatic heterocycles. The number of aromatic amines is 1. The first kappa shape index (κ1) is 16.8. The molecule has 0 spiro atoms. The van der Waals surface area contributed by atoms with Crippen LogP contribution in [0, 0.1) is 6.92 Å². The molecule has 0 radical (unpaired) electrons. The maximum absolute atomic E-state index is 12.9. The van der Waals surface area contributed by atoms with Gasteiger partial charge in [0, 0.05) is 47.6 Å². The van der Waals surface area contributed by atoms with Crippen LogP contribution in [0.25, 0.3) is 11.3 Å². The molecule has 0 saturated carbocycles. The SMILES string of the molecule is Cc1cnn([C@@H](C)C(=O)N2CCc3[nH]nc(-c4ccc(Cl)cc4)c3C2)c1. The lowest BCUT2D eigenvalue weighted by Gasteiger charge is -2.29. The minimum absolute atomic E-state index is 0.0713. The highest BCUT2D eigenvalue weighted by Crippen LogP contribution is 2.30. The minimum atomic E-state index is -0.323. The maximum Gasteiger partial charge on any atom is 0.247 e. The molecule has 7 heteroatoms. The summed E-state index contributed by atoms with van der Waals surface area (Å²) in [4.78, 5) is 14.8. The average molecular weight is 370 g/mol. The first-order valence-corrected chi connectivity index (χ1v) is 9.02. The van der Waals surface area contributed by atoms with Crippen molar-refractivity contribution in [2.24, 2.45) is 0 Å². The van der Waals surface area contributed by atoms with Gasteiger partial charge in [0.2, 0.25) is 5.91 Å². The van der Waals surface area contributed by atoms with Gasteiger partial charge in [0.25, 0.3) is 0 Å². The van der Waals surface area contributed by atoms with Crippen LogP contribution < -0.4 is 0 Å². The summed E-state index contributed by atoms with van der Waals surface area (Å²) in [5.41, 5.74) is 5.11. The number of amides is 1. The Morgan fingerprint density at radius 1 is 1.31 bits per heavy atom. The van der Waals surface area contributed by atoms with Crippen LogP contribution >= 0.6 is 11.6 Å². The Hall–Kier alpha value is -2.60. The highest BCUT2D eigenvalue weighted by atomic mass is 35.5. The summed E-state index contributed by atoms with van der Waals surface area (Å²) >= 11 is 5.99. The lowest BCUT2D eigenvalue weighted by molar-refractivity contribution is -0.135. The molecular weight excluding hydrogens is 350 g/mol. The van der Waals surface area contributed by atoms with Crippen LogP contribution in [0.3, 0.4) is 0 Å². The molecule has 134 valence electrons. The third-order valence-electron chi connectivity index (χ3n) is 4.85. The van der Waals surface area contributed by atoms with E-state index in [9.17, 15) is 4.79 Å². The summed E-state index contributed by atoms with van der Waals surface area (Å²) in [6.45, 7) is 5.09. The van der Waals surface area contributed by atoms with Crippen molar-refractivity contribution in [3.8, 4) is 11.3 Å². The molecule has 3 aromatic rings. The Morgan fingerprint density at radius 2 is 2.08 bits per heavy atom. The lowest BCUT2D eigenvalue weighted by Crippen LogP contribution is -2.39. The van der Waals surface area contributed by atoms with Crippen LogP contribution in [0.15, 0.2) is 36.7 Å². The molecule has 6 nitrogen and oxygen atoms in total. The fourth-order valence-corrected chi connectivity index (χ4v) is 3.48. The number of hydrogen-bond acceptors (Lipinski definition) is 3. The highest BCUT2D eigenvalue weighted by Gasteiger charge is 2.29. The van der Waals surface area contributed by atoms with Gasteiger partial charge >= 0.3 is 0 Å². The molecule has 0 saturated heterocycles. The van der Waals surface area contributed by atoms with Gasteiger partial charge < -0.3 is 4.90 Å². The molecule has 0 fully saturated rings. The second kappa shape index (κ2) is 6.61. The van der Waals surface area contributed by atoms with Gasteiger partial charge in [0.15, 0.2) is 0 Å². The fourth-order valence-electron chi connectivity index (χ4n) is 3.35. The van der Waals surface area contributed by atoms with Crippen molar-refractivity contribution in [1.82, 2.24) is 24.9 Å². The summed E-state index contributed by atoms with van der Waals surface area (Å²) in [5.74, 6) is 0.0713. The van der Waals surface area contributed by atoms with Gasteiger partial charge in [0.1, 0.15) is 6.04 Å². The average Bonchev–Trinajstić information content (AvgIpc) is 3.27. The highest BCUT2D eigenvalue weighted by molar-refractivity contribution is 6.30. The zero-order chi connectivity index (χ0) is 18.3. The van der Waals surface area contributed by atoms with E-state index in [1.165, 1.54) is 0 Å². The van der Waals surface area contributed by atoms with Crippen molar-refractivity contribution in [2.45, 2.75) is 32.9 Å². The topological polar surface area (TPSA) is 66.8 Å². The van der Waals surface area contributed by atoms with Crippen molar-refractivity contribution in [3.05, 3.63) is 58.5 Å². The molecule has 1 amide bonds. The third-order valence-corrected chi connectivity index (χ3v) is 5.10. The summed E-state index contributed by atoms with van der Waals surface area (Å²) in [5, 5.41) is 12.6. The number of H-pyrrole nitrogens is 1.